The minimum absolute atomic E-state index is 0.128. The van der Waals surface area contributed by atoms with E-state index in [-0.39, 0.29) is 12.1 Å². The van der Waals surface area contributed by atoms with Gasteiger partial charge in [0.1, 0.15) is 11.7 Å². The maximum absolute atomic E-state index is 12.4. The molecule has 154 valence electrons. The van der Waals surface area contributed by atoms with E-state index in [9.17, 15) is 10.1 Å². The number of piperidine rings is 1. The van der Waals surface area contributed by atoms with Gasteiger partial charge in [-0.3, -0.25) is 4.98 Å². The van der Waals surface area contributed by atoms with Gasteiger partial charge in [-0.1, -0.05) is 11.6 Å². The van der Waals surface area contributed by atoms with Crippen LogP contribution in [0.4, 0.5) is 10.5 Å². The monoisotopic (exact) mass is 394 g/mol. The first-order valence-electron chi connectivity index (χ1n) is 10.1. The van der Waals surface area contributed by atoms with Crippen molar-refractivity contribution in [2.24, 2.45) is 0 Å². The number of pyridine rings is 1. The summed E-state index contributed by atoms with van der Waals surface area (Å²) in [6.45, 7) is 11.3. The lowest BCUT2D eigenvalue weighted by Crippen LogP contribution is -2.47. The Morgan fingerprint density at radius 2 is 1.93 bits per heavy atom. The summed E-state index contributed by atoms with van der Waals surface area (Å²) in [6, 6.07) is 6.67. The molecule has 6 nitrogen and oxygen atoms in total. The zero-order chi connectivity index (χ0) is 21.3. The van der Waals surface area contributed by atoms with E-state index in [4.69, 9.17) is 4.74 Å². The molecule has 0 bridgehead atoms. The molecule has 29 heavy (non-hydrogen) atoms. The van der Waals surface area contributed by atoms with E-state index in [2.05, 4.69) is 41.9 Å². The summed E-state index contributed by atoms with van der Waals surface area (Å²) in [5, 5.41) is 10.7. The molecular weight excluding hydrogens is 364 g/mol. The van der Waals surface area contributed by atoms with Crippen molar-refractivity contribution in [1.29, 1.82) is 5.26 Å². The Balaban J connectivity index is 1.83. The van der Waals surface area contributed by atoms with Crippen molar-refractivity contribution in [3.8, 4) is 6.07 Å². The van der Waals surface area contributed by atoms with Crippen LogP contribution in [-0.4, -0.2) is 47.8 Å². The van der Waals surface area contributed by atoms with Crippen molar-refractivity contribution in [3.63, 3.8) is 0 Å². The third-order valence-electron chi connectivity index (χ3n) is 5.41. The molecule has 1 aromatic carbocycles. The molecule has 1 aromatic heterocycles. The zero-order valence-electron chi connectivity index (χ0n) is 18.2. The van der Waals surface area contributed by atoms with Crippen LogP contribution in [0.3, 0.4) is 0 Å². The number of aryl methyl sites for hydroxylation is 2. The molecule has 2 aromatic rings. The number of anilines is 1. The maximum atomic E-state index is 12.4. The van der Waals surface area contributed by atoms with Gasteiger partial charge in [-0.2, -0.15) is 5.26 Å². The van der Waals surface area contributed by atoms with Gasteiger partial charge >= 0.3 is 6.09 Å². The van der Waals surface area contributed by atoms with Gasteiger partial charge in [-0.05, 0) is 59.1 Å². The number of nitriles is 1. The molecule has 1 aliphatic heterocycles. The van der Waals surface area contributed by atoms with Gasteiger partial charge in [0, 0.05) is 37.8 Å². The first-order valence-corrected chi connectivity index (χ1v) is 10.1. The molecule has 2 heterocycles. The van der Waals surface area contributed by atoms with E-state index in [1.54, 1.807) is 11.1 Å². The van der Waals surface area contributed by atoms with Gasteiger partial charge in [0.05, 0.1) is 16.8 Å². The number of fused-ring (bicyclic) bond motifs is 1. The number of nitrogens with zero attached hydrogens (tertiary/aromatic N) is 4. The molecule has 1 saturated heterocycles. The van der Waals surface area contributed by atoms with Gasteiger partial charge in [-0.25, -0.2) is 4.79 Å². The van der Waals surface area contributed by atoms with Gasteiger partial charge in [-0.15, -0.1) is 0 Å². The first-order chi connectivity index (χ1) is 13.6. The topological polar surface area (TPSA) is 69.5 Å². The average Bonchev–Trinajstić information content (AvgIpc) is 2.65. The third kappa shape index (κ3) is 4.45. The molecule has 6 heteroatoms. The lowest BCUT2D eigenvalue weighted by molar-refractivity contribution is 0.0201. The summed E-state index contributed by atoms with van der Waals surface area (Å²) in [5.74, 6) is 0. The third-order valence-corrected chi connectivity index (χ3v) is 5.41. The summed E-state index contributed by atoms with van der Waals surface area (Å²) >= 11 is 0. The summed E-state index contributed by atoms with van der Waals surface area (Å²) in [5.41, 5.74) is 4.28. The molecule has 3 rings (SSSR count). The predicted molar refractivity (Wildman–Crippen MR) is 115 cm³/mol. The highest BCUT2D eigenvalue weighted by Gasteiger charge is 2.30. The fourth-order valence-electron chi connectivity index (χ4n) is 4.03. The van der Waals surface area contributed by atoms with E-state index in [1.165, 1.54) is 0 Å². The second-order valence-corrected chi connectivity index (χ2v) is 8.92. The van der Waals surface area contributed by atoms with Crippen LogP contribution in [0.5, 0.6) is 0 Å². The first kappa shape index (κ1) is 20.9. The fourth-order valence-corrected chi connectivity index (χ4v) is 4.03. The minimum atomic E-state index is -0.501. The lowest BCUT2D eigenvalue weighted by atomic mass is 9.99. The number of ether oxygens (including phenoxy) is 1. The maximum Gasteiger partial charge on any atom is 0.410 e. The molecule has 0 saturated carbocycles. The van der Waals surface area contributed by atoms with Crippen LogP contribution in [0.15, 0.2) is 18.3 Å². The van der Waals surface area contributed by atoms with E-state index in [0.717, 1.165) is 53.6 Å². The van der Waals surface area contributed by atoms with Gasteiger partial charge in [0.15, 0.2) is 0 Å². The number of aromatic nitrogens is 1. The number of hydrogen-bond acceptors (Lipinski definition) is 5. The molecule has 0 spiro atoms. The number of rotatable bonds is 2. The molecule has 0 unspecified atom stereocenters. The Kier molecular flexibility index (Phi) is 5.70. The van der Waals surface area contributed by atoms with Crippen LogP contribution < -0.4 is 4.90 Å². The Hall–Kier alpha value is -2.81. The van der Waals surface area contributed by atoms with E-state index in [0.29, 0.717) is 5.56 Å². The van der Waals surface area contributed by atoms with Crippen LogP contribution >= 0.6 is 0 Å². The van der Waals surface area contributed by atoms with Gasteiger partial charge < -0.3 is 14.5 Å². The van der Waals surface area contributed by atoms with Crippen LogP contribution in [-0.2, 0) is 4.74 Å². The molecule has 0 aliphatic carbocycles. The molecule has 0 radical (unpaired) electrons. The summed E-state index contributed by atoms with van der Waals surface area (Å²) in [7, 11) is 1.81. The van der Waals surface area contributed by atoms with Crippen molar-refractivity contribution in [3.05, 3.63) is 35.0 Å². The quantitative estimate of drug-likeness (QED) is 0.747. The van der Waals surface area contributed by atoms with Crippen LogP contribution in [0.2, 0.25) is 0 Å². The molecule has 1 aliphatic rings. The van der Waals surface area contributed by atoms with Gasteiger partial charge in [0.25, 0.3) is 0 Å². The Bertz CT molecular complexity index is 963. The number of carbonyl (C=O) groups is 1. The van der Waals surface area contributed by atoms with Crippen molar-refractivity contribution >= 4 is 22.7 Å². The second kappa shape index (κ2) is 7.90. The smallest absolute Gasteiger partial charge is 0.410 e. The zero-order valence-corrected chi connectivity index (χ0v) is 18.2. The highest BCUT2D eigenvalue weighted by atomic mass is 16.6. The van der Waals surface area contributed by atoms with Crippen LogP contribution in [0, 0.1) is 25.2 Å². The van der Waals surface area contributed by atoms with Crippen LogP contribution in [0.1, 0.15) is 50.3 Å². The Morgan fingerprint density at radius 1 is 1.28 bits per heavy atom. The summed E-state index contributed by atoms with van der Waals surface area (Å²) in [6.07, 6.45) is 3.05. The van der Waals surface area contributed by atoms with Crippen molar-refractivity contribution in [1.82, 2.24) is 9.88 Å². The highest BCUT2D eigenvalue weighted by Crippen LogP contribution is 2.34. The van der Waals surface area contributed by atoms with Crippen molar-refractivity contribution in [2.75, 3.05) is 25.0 Å². The largest absolute Gasteiger partial charge is 0.444 e. The predicted octanol–water partition coefficient (Wildman–Crippen LogP) is 4.56. The van der Waals surface area contributed by atoms with Gasteiger partial charge in [0.2, 0.25) is 0 Å². The van der Waals surface area contributed by atoms with E-state index in [1.807, 2.05) is 27.8 Å². The minimum Gasteiger partial charge on any atom is -0.444 e. The molecular formula is C23H30N4O2. The Labute approximate surface area is 173 Å². The average molecular weight is 395 g/mol. The standard InChI is InChI=1S/C23H30N4O2/c1-15-11-16(2)20-19(12-15)21(17(13-24)14-25-20)27-9-7-18(8-10-27)26(6)22(28)29-23(3,4)5/h11-12,14,18H,7-10H2,1-6H3. The SMILES string of the molecule is Cc1cc(C)c2ncc(C#N)c(N3CCC(N(C)C(=O)OC(C)(C)C)CC3)c2c1. The van der Waals surface area contributed by atoms with Crippen LogP contribution in [0.25, 0.3) is 10.9 Å². The Morgan fingerprint density at radius 3 is 2.52 bits per heavy atom. The summed E-state index contributed by atoms with van der Waals surface area (Å²) in [4.78, 5) is 20.9. The number of amides is 1. The molecule has 1 amide bonds. The van der Waals surface area contributed by atoms with Crippen molar-refractivity contribution in [2.45, 2.75) is 59.1 Å². The molecule has 1 fully saturated rings. The second-order valence-electron chi connectivity index (χ2n) is 8.92. The summed E-state index contributed by atoms with van der Waals surface area (Å²) < 4.78 is 5.51. The molecule has 0 N–H and O–H groups in total. The van der Waals surface area contributed by atoms with Crippen molar-refractivity contribution < 1.29 is 9.53 Å². The number of carbonyl (C=O) groups excluding carboxylic acids is 1. The fraction of sp³-hybridized carbons (Fsp3) is 0.522. The number of hydrogen-bond donors (Lipinski definition) is 0. The normalized spacial score (nSPS) is 15.3. The van der Waals surface area contributed by atoms with E-state index >= 15 is 0 Å². The highest BCUT2D eigenvalue weighted by molar-refractivity contribution is 5.96. The molecule has 0 atom stereocenters. The lowest BCUT2D eigenvalue weighted by Gasteiger charge is -2.38. The van der Waals surface area contributed by atoms with E-state index < -0.39 is 5.60 Å². The number of benzene rings is 1.